The minimum absolute atomic E-state index is 0.195. The van der Waals surface area contributed by atoms with Crippen molar-refractivity contribution in [2.75, 3.05) is 12.9 Å². The zero-order valence-electron chi connectivity index (χ0n) is 10.2. The van der Waals surface area contributed by atoms with Crippen LogP contribution in [0.3, 0.4) is 0 Å². The Balaban J connectivity index is 2.20. The average Bonchev–Trinajstić information content (AvgIpc) is 2.89. The van der Waals surface area contributed by atoms with Crippen molar-refractivity contribution in [1.29, 1.82) is 0 Å². The number of carbonyl (C=O) groups excluding carboxylic acids is 1. The minimum Gasteiger partial charge on any atom is -0.461 e. The van der Waals surface area contributed by atoms with Crippen molar-refractivity contribution in [1.82, 2.24) is 5.16 Å². The van der Waals surface area contributed by atoms with Crippen LogP contribution in [0.5, 0.6) is 0 Å². The molecule has 1 heterocycles. The molecule has 0 radical (unpaired) electrons. The monoisotopic (exact) mass is 263 g/mol. The fraction of sp³-hybridized carbons (Fsp3) is 0.231. The van der Waals surface area contributed by atoms with Gasteiger partial charge in [0.25, 0.3) is 0 Å². The van der Waals surface area contributed by atoms with Crippen LogP contribution in [0.4, 0.5) is 0 Å². The van der Waals surface area contributed by atoms with Gasteiger partial charge in [0.15, 0.2) is 11.5 Å². The van der Waals surface area contributed by atoms with Gasteiger partial charge in [0, 0.05) is 16.5 Å². The summed E-state index contributed by atoms with van der Waals surface area (Å²) in [6, 6.07) is 9.44. The van der Waals surface area contributed by atoms with E-state index in [1.54, 1.807) is 24.8 Å². The predicted octanol–water partition coefficient (Wildman–Crippen LogP) is 3.24. The summed E-state index contributed by atoms with van der Waals surface area (Å²) >= 11 is 1.67. The van der Waals surface area contributed by atoms with Gasteiger partial charge >= 0.3 is 5.97 Å². The van der Waals surface area contributed by atoms with Gasteiger partial charge in [-0.1, -0.05) is 17.3 Å². The van der Waals surface area contributed by atoms with Crippen molar-refractivity contribution in [2.45, 2.75) is 11.8 Å². The summed E-state index contributed by atoms with van der Waals surface area (Å²) in [4.78, 5) is 12.6. The molecule has 0 saturated carbocycles. The zero-order chi connectivity index (χ0) is 13.0. The maximum Gasteiger partial charge on any atom is 0.360 e. The third kappa shape index (κ3) is 2.73. The van der Waals surface area contributed by atoms with Crippen LogP contribution < -0.4 is 0 Å². The van der Waals surface area contributed by atoms with Crippen molar-refractivity contribution in [3.05, 3.63) is 36.0 Å². The van der Waals surface area contributed by atoms with Gasteiger partial charge in [-0.3, -0.25) is 0 Å². The van der Waals surface area contributed by atoms with Gasteiger partial charge in [-0.25, -0.2) is 4.79 Å². The summed E-state index contributed by atoms with van der Waals surface area (Å²) in [7, 11) is 0. The molecule has 4 nitrogen and oxygen atoms in total. The number of nitrogens with zero attached hydrogens (tertiary/aromatic N) is 1. The molecule has 2 rings (SSSR count). The van der Waals surface area contributed by atoms with E-state index in [1.165, 1.54) is 4.90 Å². The Labute approximate surface area is 109 Å². The molecule has 1 aromatic carbocycles. The van der Waals surface area contributed by atoms with E-state index < -0.39 is 5.97 Å². The largest absolute Gasteiger partial charge is 0.461 e. The van der Waals surface area contributed by atoms with Crippen LogP contribution in [0.25, 0.3) is 11.3 Å². The summed E-state index contributed by atoms with van der Waals surface area (Å²) in [5, 5.41) is 3.70. The number of rotatable bonds is 4. The minimum atomic E-state index is -0.465. The predicted molar refractivity (Wildman–Crippen MR) is 69.7 cm³/mol. The van der Waals surface area contributed by atoms with E-state index in [4.69, 9.17) is 9.26 Å². The molecule has 0 N–H and O–H groups in total. The second kappa shape index (κ2) is 5.73. The third-order valence-corrected chi connectivity index (χ3v) is 3.11. The number of aromatic nitrogens is 1. The molecule has 1 aromatic heterocycles. The number of esters is 1. The Hall–Kier alpha value is -1.75. The van der Waals surface area contributed by atoms with Crippen LogP contribution >= 0.6 is 11.8 Å². The van der Waals surface area contributed by atoms with Crippen LogP contribution in [0.1, 0.15) is 17.4 Å². The number of benzene rings is 1. The van der Waals surface area contributed by atoms with Gasteiger partial charge in [0.05, 0.1) is 6.61 Å². The van der Waals surface area contributed by atoms with Crippen molar-refractivity contribution < 1.29 is 14.1 Å². The lowest BCUT2D eigenvalue weighted by molar-refractivity contribution is 0.0514. The van der Waals surface area contributed by atoms with E-state index in [2.05, 4.69) is 5.16 Å². The molecule has 0 fully saturated rings. The Morgan fingerprint density at radius 1 is 1.39 bits per heavy atom. The number of hydrogen-bond donors (Lipinski definition) is 0. The first-order chi connectivity index (χ1) is 8.74. The van der Waals surface area contributed by atoms with Crippen LogP contribution in [0.15, 0.2) is 39.8 Å². The molecule has 0 aliphatic rings. The first kappa shape index (κ1) is 12.7. The van der Waals surface area contributed by atoms with Gasteiger partial charge < -0.3 is 9.26 Å². The smallest absolute Gasteiger partial charge is 0.360 e. The fourth-order valence-corrected chi connectivity index (χ4v) is 1.88. The normalized spacial score (nSPS) is 10.3. The molecule has 0 saturated heterocycles. The van der Waals surface area contributed by atoms with E-state index >= 15 is 0 Å². The van der Waals surface area contributed by atoms with Gasteiger partial charge in [-0.05, 0) is 25.3 Å². The topological polar surface area (TPSA) is 52.3 Å². The van der Waals surface area contributed by atoms with E-state index in [9.17, 15) is 4.79 Å². The highest BCUT2D eigenvalue weighted by molar-refractivity contribution is 7.98. The molecule has 0 atom stereocenters. The molecule has 94 valence electrons. The van der Waals surface area contributed by atoms with Gasteiger partial charge in [-0.15, -0.1) is 11.8 Å². The molecule has 0 bridgehead atoms. The Morgan fingerprint density at radius 2 is 2.11 bits per heavy atom. The first-order valence-electron chi connectivity index (χ1n) is 5.53. The van der Waals surface area contributed by atoms with Crippen LogP contribution in [0.2, 0.25) is 0 Å². The summed E-state index contributed by atoms with van der Waals surface area (Å²) < 4.78 is 9.98. The van der Waals surface area contributed by atoms with E-state index in [1.807, 2.05) is 30.5 Å². The maximum atomic E-state index is 11.4. The van der Waals surface area contributed by atoms with Crippen LogP contribution in [-0.4, -0.2) is 24.0 Å². The van der Waals surface area contributed by atoms with E-state index in [-0.39, 0.29) is 5.69 Å². The zero-order valence-corrected chi connectivity index (χ0v) is 11.0. The highest BCUT2D eigenvalue weighted by Crippen LogP contribution is 2.23. The number of thioether (sulfide) groups is 1. The molecule has 2 aromatic rings. The molecule has 0 aliphatic carbocycles. The molecule has 0 aliphatic heterocycles. The summed E-state index contributed by atoms with van der Waals surface area (Å²) in [6.07, 6.45) is 2.02. The highest BCUT2D eigenvalue weighted by Gasteiger charge is 2.14. The Bertz CT molecular complexity index is 533. The first-order valence-corrected chi connectivity index (χ1v) is 6.75. The Kier molecular flexibility index (Phi) is 4.04. The quantitative estimate of drug-likeness (QED) is 0.626. The number of carbonyl (C=O) groups is 1. The van der Waals surface area contributed by atoms with Crippen molar-refractivity contribution in [3.63, 3.8) is 0 Å². The fourth-order valence-electron chi connectivity index (χ4n) is 1.47. The van der Waals surface area contributed by atoms with Crippen molar-refractivity contribution >= 4 is 17.7 Å². The second-order valence-corrected chi connectivity index (χ2v) is 4.41. The van der Waals surface area contributed by atoms with E-state index in [0.717, 1.165) is 5.56 Å². The second-order valence-electron chi connectivity index (χ2n) is 3.53. The van der Waals surface area contributed by atoms with Gasteiger partial charge in [0.2, 0.25) is 0 Å². The van der Waals surface area contributed by atoms with Crippen molar-refractivity contribution in [3.8, 4) is 11.3 Å². The molecular weight excluding hydrogens is 250 g/mol. The van der Waals surface area contributed by atoms with Crippen LogP contribution in [0, 0.1) is 0 Å². The standard InChI is InChI=1S/C13H13NO3S/c1-3-16-13(15)11-8-12(17-14-11)9-4-6-10(18-2)7-5-9/h4-8H,3H2,1-2H3. The lowest BCUT2D eigenvalue weighted by atomic mass is 10.1. The maximum absolute atomic E-state index is 11.4. The number of hydrogen-bond acceptors (Lipinski definition) is 5. The lowest BCUT2D eigenvalue weighted by Crippen LogP contribution is -2.04. The van der Waals surface area contributed by atoms with Crippen LogP contribution in [-0.2, 0) is 4.74 Å². The highest BCUT2D eigenvalue weighted by atomic mass is 32.2. The summed E-state index contributed by atoms with van der Waals surface area (Å²) in [5.41, 5.74) is 1.08. The summed E-state index contributed by atoms with van der Waals surface area (Å²) in [5.74, 6) is 0.0962. The van der Waals surface area contributed by atoms with E-state index in [0.29, 0.717) is 12.4 Å². The third-order valence-electron chi connectivity index (χ3n) is 2.37. The molecule has 0 amide bonds. The van der Waals surface area contributed by atoms with Gasteiger partial charge in [0.1, 0.15) is 0 Å². The number of ether oxygens (including phenoxy) is 1. The molecular formula is C13H13NO3S. The SMILES string of the molecule is CCOC(=O)c1cc(-c2ccc(SC)cc2)on1. The lowest BCUT2D eigenvalue weighted by Gasteiger charge is -1.97. The van der Waals surface area contributed by atoms with Crippen molar-refractivity contribution in [2.24, 2.45) is 0 Å². The molecule has 18 heavy (non-hydrogen) atoms. The van der Waals surface area contributed by atoms with Gasteiger partial charge in [-0.2, -0.15) is 0 Å². The summed E-state index contributed by atoms with van der Waals surface area (Å²) in [6.45, 7) is 2.07. The Morgan fingerprint density at radius 3 is 2.72 bits per heavy atom. The molecule has 5 heteroatoms. The average molecular weight is 263 g/mol. The molecule has 0 spiro atoms. The molecule has 0 unspecified atom stereocenters.